The number of halogens is 2. The van der Waals surface area contributed by atoms with Crippen LogP contribution in [-0.2, 0) is 4.79 Å². The van der Waals surface area contributed by atoms with E-state index in [1.165, 1.54) is 17.1 Å². The van der Waals surface area contributed by atoms with Crippen molar-refractivity contribution >= 4 is 52.1 Å². The van der Waals surface area contributed by atoms with Gasteiger partial charge in [0.1, 0.15) is 12.2 Å². The van der Waals surface area contributed by atoms with Gasteiger partial charge < -0.3 is 15.7 Å². The van der Waals surface area contributed by atoms with Crippen LogP contribution < -0.4 is 10.6 Å². The van der Waals surface area contributed by atoms with Crippen LogP contribution in [0.1, 0.15) is 30.3 Å². The van der Waals surface area contributed by atoms with Crippen molar-refractivity contribution in [1.82, 2.24) is 29.1 Å². The summed E-state index contributed by atoms with van der Waals surface area (Å²) in [6.07, 6.45) is 3.78. The standard InChI is InChI=1S/C28H24Cl2N8O3/c1-28(26(31)41)10-12-36(13-11-28)23-21-24(35-27(34-23)37-14-20(25(39)40)32-15-37)38(17-8-6-16(29)7-9-17)22(33-21)18-4-2-3-5-19(18)30/h2-9,14-15H,10-13H2,1H3,(H2,31,41)(H,39,40). The maximum absolute atomic E-state index is 12.1. The molecule has 208 valence electrons. The third-order valence-corrected chi connectivity index (χ3v) is 8.05. The smallest absolute Gasteiger partial charge is 0.356 e. The topological polar surface area (TPSA) is 145 Å². The lowest BCUT2D eigenvalue weighted by Gasteiger charge is -2.37. The third-order valence-electron chi connectivity index (χ3n) is 7.47. The predicted molar refractivity (Wildman–Crippen MR) is 155 cm³/mol. The number of hydrogen-bond acceptors (Lipinski definition) is 7. The van der Waals surface area contributed by atoms with E-state index in [9.17, 15) is 14.7 Å². The molecule has 11 nitrogen and oxygen atoms in total. The normalized spacial score (nSPS) is 14.9. The number of anilines is 1. The largest absolute Gasteiger partial charge is 0.476 e. The molecule has 6 rings (SSSR count). The number of imidazole rings is 2. The highest BCUT2D eigenvalue weighted by Gasteiger charge is 2.37. The molecule has 5 aromatic rings. The molecule has 1 amide bonds. The van der Waals surface area contributed by atoms with Crippen molar-refractivity contribution in [1.29, 1.82) is 0 Å². The summed E-state index contributed by atoms with van der Waals surface area (Å²) in [7, 11) is 0. The van der Waals surface area contributed by atoms with Crippen LogP contribution in [0.2, 0.25) is 10.0 Å². The number of carboxylic acid groups (broad SMARTS) is 1. The Morgan fingerprint density at radius 1 is 1.00 bits per heavy atom. The van der Waals surface area contributed by atoms with E-state index in [1.54, 1.807) is 18.2 Å². The number of piperidine rings is 1. The maximum Gasteiger partial charge on any atom is 0.356 e. The summed E-state index contributed by atoms with van der Waals surface area (Å²) >= 11 is 12.9. The van der Waals surface area contributed by atoms with E-state index in [0.717, 1.165) is 5.69 Å². The van der Waals surface area contributed by atoms with Crippen molar-refractivity contribution < 1.29 is 14.7 Å². The average Bonchev–Trinajstić information content (AvgIpc) is 3.60. The Bertz CT molecular complexity index is 1810. The first-order chi connectivity index (χ1) is 19.6. The van der Waals surface area contributed by atoms with Gasteiger partial charge in [0.15, 0.2) is 22.7 Å². The SMILES string of the molecule is CC1(C(N)=O)CCN(c2nc(-n3cnc(C(=O)O)c3)nc3c2nc(-c2ccccc2Cl)n3-c2ccc(Cl)cc2)CC1. The molecule has 1 aliphatic rings. The Morgan fingerprint density at radius 3 is 2.34 bits per heavy atom. The van der Waals surface area contributed by atoms with Gasteiger partial charge >= 0.3 is 5.97 Å². The minimum atomic E-state index is -1.17. The molecule has 0 radical (unpaired) electrons. The monoisotopic (exact) mass is 590 g/mol. The van der Waals surface area contributed by atoms with Crippen LogP contribution in [0.5, 0.6) is 0 Å². The summed E-state index contributed by atoms with van der Waals surface area (Å²) < 4.78 is 3.33. The van der Waals surface area contributed by atoms with Crippen LogP contribution in [-0.4, -0.2) is 59.1 Å². The molecular formula is C28H24Cl2N8O3. The summed E-state index contributed by atoms with van der Waals surface area (Å²) in [4.78, 5) is 44.4. The van der Waals surface area contributed by atoms with Gasteiger partial charge in [-0.1, -0.05) is 42.3 Å². The minimum absolute atomic E-state index is 0.145. The fourth-order valence-electron chi connectivity index (χ4n) is 4.93. The minimum Gasteiger partial charge on any atom is -0.476 e. The second kappa shape index (κ2) is 10.2. The van der Waals surface area contributed by atoms with Crippen molar-refractivity contribution in [3.8, 4) is 23.0 Å². The number of fused-ring (bicyclic) bond motifs is 1. The Hall–Kier alpha value is -4.48. The van der Waals surface area contributed by atoms with Crippen LogP contribution in [0.15, 0.2) is 61.1 Å². The maximum atomic E-state index is 12.1. The van der Waals surface area contributed by atoms with Gasteiger partial charge in [0.25, 0.3) is 0 Å². The molecule has 0 atom stereocenters. The van der Waals surface area contributed by atoms with Gasteiger partial charge in [-0.15, -0.1) is 0 Å². The van der Waals surface area contributed by atoms with E-state index in [-0.39, 0.29) is 17.5 Å². The van der Waals surface area contributed by atoms with E-state index in [1.807, 2.05) is 46.7 Å². The summed E-state index contributed by atoms with van der Waals surface area (Å²) in [5.74, 6) is -0.228. The number of nitrogens with zero attached hydrogens (tertiary/aromatic N) is 7. The number of hydrogen-bond donors (Lipinski definition) is 2. The lowest BCUT2D eigenvalue weighted by Crippen LogP contribution is -2.45. The van der Waals surface area contributed by atoms with Crippen molar-refractivity contribution in [2.75, 3.05) is 18.0 Å². The summed E-state index contributed by atoms with van der Waals surface area (Å²) in [5.41, 5.74) is 7.33. The van der Waals surface area contributed by atoms with Gasteiger partial charge in [-0.3, -0.25) is 13.9 Å². The first-order valence-corrected chi connectivity index (χ1v) is 13.5. The van der Waals surface area contributed by atoms with Crippen molar-refractivity contribution in [3.63, 3.8) is 0 Å². The van der Waals surface area contributed by atoms with E-state index in [2.05, 4.69) is 4.98 Å². The Kier molecular flexibility index (Phi) is 6.63. The average molecular weight is 591 g/mol. The molecule has 2 aromatic carbocycles. The zero-order valence-electron chi connectivity index (χ0n) is 21.8. The number of aromatic nitrogens is 6. The van der Waals surface area contributed by atoms with E-state index in [0.29, 0.717) is 64.3 Å². The van der Waals surface area contributed by atoms with Crippen LogP contribution in [0.25, 0.3) is 34.2 Å². The lowest BCUT2D eigenvalue weighted by molar-refractivity contribution is -0.127. The number of carbonyl (C=O) groups is 2. The Balaban J connectivity index is 1.62. The first kappa shape index (κ1) is 26.7. The molecule has 3 N–H and O–H groups in total. The highest BCUT2D eigenvalue weighted by atomic mass is 35.5. The molecule has 0 bridgehead atoms. The molecule has 0 spiro atoms. The zero-order valence-corrected chi connectivity index (χ0v) is 23.3. The number of amides is 1. The highest BCUT2D eigenvalue weighted by Crippen LogP contribution is 2.38. The molecule has 13 heteroatoms. The number of aromatic carboxylic acids is 1. The van der Waals surface area contributed by atoms with Gasteiger partial charge in [-0.2, -0.15) is 9.97 Å². The molecule has 0 saturated carbocycles. The number of carboxylic acids is 1. The molecule has 1 fully saturated rings. The van der Waals surface area contributed by atoms with Gasteiger partial charge in [-0.05, 0) is 49.2 Å². The molecular weight excluding hydrogens is 567 g/mol. The van der Waals surface area contributed by atoms with Crippen LogP contribution in [0, 0.1) is 5.41 Å². The molecule has 0 aliphatic carbocycles. The van der Waals surface area contributed by atoms with Gasteiger partial charge in [0.2, 0.25) is 11.9 Å². The zero-order chi connectivity index (χ0) is 28.9. The molecule has 41 heavy (non-hydrogen) atoms. The quantitative estimate of drug-likeness (QED) is 0.288. The lowest BCUT2D eigenvalue weighted by atomic mass is 9.80. The second-order valence-electron chi connectivity index (χ2n) is 10.1. The van der Waals surface area contributed by atoms with Gasteiger partial charge in [0, 0.05) is 41.0 Å². The second-order valence-corrected chi connectivity index (χ2v) is 11.0. The first-order valence-electron chi connectivity index (χ1n) is 12.8. The fraction of sp³-hybridized carbons (Fsp3) is 0.214. The summed E-state index contributed by atoms with van der Waals surface area (Å²) in [6, 6.07) is 14.6. The van der Waals surface area contributed by atoms with Crippen LogP contribution >= 0.6 is 23.2 Å². The number of rotatable bonds is 6. The fourth-order valence-corrected chi connectivity index (χ4v) is 5.27. The van der Waals surface area contributed by atoms with Crippen molar-refractivity contribution in [2.24, 2.45) is 11.1 Å². The Labute approximate surface area is 244 Å². The highest BCUT2D eigenvalue weighted by molar-refractivity contribution is 6.33. The number of nitrogens with two attached hydrogens (primary N) is 1. The van der Waals surface area contributed by atoms with Gasteiger partial charge in [0.05, 0.1) is 5.02 Å². The van der Waals surface area contributed by atoms with Crippen molar-refractivity contribution in [2.45, 2.75) is 19.8 Å². The summed E-state index contributed by atoms with van der Waals surface area (Å²) in [6.45, 7) is 2.88. The summed E-state index contributed by atoms with van der Waals surface area (Å²) in [5, 5.41) is 10.5. The van der Waals surface area contributed by atoms with E-state index < -0.39 is 11.4 Å². The molecule has 1 aliphatic heterocycles. The van der Waals surface area contributed by atoms with Crippen LogP contribution in [0.3, 0.4) is 0 Å². The van der Waals surface area contributed by atoms with E-state index >= 15 is 0 Å². The predicted octanol–water partition coefficient (Wildman–Crippen LogP) is 4.77. The molecule has 4 heterocycles. The number of carbonyl (C=O) groups excluding carboxylic acids is 1. The van der Waals surface area contributed by atoms with Gasteiger partial charge in [-0.25, -0.2) is 14.8 Å². The van der Waals surface area contributed by atoms with Crippen molar-refractivity contribution in [3.05, 3.63) is 76.8 Å². The Morgan fingerprint density at radius 2 is 1.71 bits per heavy atom. The number of benzene rings is 2. The third kappa shape index (κ3) is 4.76. The number of primary amides is 1. The molecule has 3 aromatic heterocycles. The molecule has 1 saturated heterocycles. The van der Waals surface area contributed by atoms with E-state index in [4.69, 9.17) is 43.9 Å². The van der Waals surface area contributed by atoms with Crippen LogP contribution in [0.4, 0.5) is 5.82 Å². The molecule has 0 unspecified atom stereocenters.